The Morgan fingerprint density at radius 3 is 1.05 bits per heavy atom. The van der Waals surface area contributed by atoms with Crippen LogP contribution in [-0.4, -0.2) is 105 Å². The van der Waals surface area contributed by atoms with Crippen LogP contribution >= 0.6 is 0 Å². The number of cyclic esters (lactones) is 4. The van der Waals surface area contributed by atoms with E-state index in [-0.39, 0.29) is 112 Å². The topological polar surface area (TPSA) is 186 Å². The molecule has 4 aliphatic rings. The molecule has 0 unspecified atom stereocenters. The van der Waals surface area contributed by atoms with Gasteiger partial charge in [0.25, 0.3) is 0 Å². The second-order valence-corrected chi connectivity index (χ2v) is 32.8. The molecule has 4 fully saturated rings. The molecule has 6 aromatic carbocycles. The van der Waals surface area contributed by atoms with Gasteiger partial charge in [0.1, 0.15) is 31.0 Å². The van der Waals surface area contributed by atoms with Crippen molar-refractivity contribution in [2.24, 2.45) is 57.2 Å². The van der Waals surface area contributed by atoms with E-state index in [1.165, 1.54) is 19.6 Å². The van der Waals surface area contributed by atoms with Gasteiger partial charge in [-0.2, -0.15) is 0 Å². The lowest BCUT2D eigenvalue weighted by atomic mass is 9.75. The third-order valence-corrected chi connectivity index (χ3v) is 19.8. The molecule has 0 aromatic heterocycles. The van der Waals surface area contributed by atoms with Crippen molar-refractivity contribution in [3.05, 3.63) is 215 Å². The standard InChI is InChI=1S/C23H27NO3.C22H25NO3.C21H31NO3.C19H27NO3/c1-16-20(18-13-9-6-10-14-18)27-22(26)24(16)21(25)19(23(2,3)4)15-17-11-7-5-8-12-17;1-22(2,3)18(14-16-10-6-4-7-11-16)20(24)23-19(15-26-21(23)25)17-12-8-5-9-13-17;1-14(2)17-21(6,7)25-19(24)22(17)18(23)16(20(3,4)5)13-15-11-9-8-10-12-15;1-13(2)16-12-23-18(22)20(16)17(21)15(19(3,4)5)11-14-9-7-6-8-10-14/h5-14,16,19-20H,15H2,1-4H3;4-13,18-19H,14-15H2,1-3H3;8-12,14,16-17H,13H2,1-7H3;6-10,13,15-16H,11-12H2,1-5H3/t16-,19+,20-;18-,19-;16-,17+;15-,16-/m0111/s1. The lowest BCUT2D eigenvalue weighted by Crippen LogP contribution is -2.51. The number of hydrogen-bond donors (Lipinski definition) is 0. The van der Waals surface area contributed by atoms with Gasteiger partial charge >= 0.3 is 24.4 Å². The molecule has 8 amide bonds. The largest absolute Gasteiger partial charge is 0.447 e. The monoisotopic (exact) mass is 1380 g/mol. The summed E-state index contributed by atoms with van der Waals surface area (Å²) in [6.45, 7) is 38.7. The first-order valence-corrected chi connectivity index (χ1v) is 35.7. The van der Waals surface area contributed by atoms with Gasteiger partial charge in [-0.25, -0.2) is 38.8 Å². The maximum Gasteiger partial charge on any atom is 0.417 e. The molecule has 6 aromatic rings. The number of imide groups is 4. The molecular formula is C85H110N4O12. The van der Waals surface area contributed by atoms with Gasteiger partial charge in [0.15, 0.2) is 0 Å². The summed E-state index contributed by atoms with van der Waals surface area (Å²) < 4.78 is 21.5. The molecule has 0 spiro atoms. The van der Waals surface area contributed by atoms with E-state index >= 15 is 0 Å². The minimum Gasteiger partial charge on any atom is -0.447 e. The smallest absolute Gasteiger partial charge is 0.417 e. The van der Waals surface area contributed by atoms with Gasteiger partial charge in [-0.1, -0.05) is 293 Å². The van der Waals surface area contributed by atoms with Crippen LogP contribution in [0.5, 0.6) is 0 Å². The molecule has 10 rings (SSSR count). The average molecular weight is 1380 g/mol. The molecule has 4 aliphatic heterocycles. The zero-order chi connectivity index (χ0) is 74.5. The first-order valence-electron chi connectivity index (χ1n) is 35.7. The van der Waals surface area contributed by atoms with Crippen molar-refractivity contribution in [3.8, 4) is 0 Å². The zero-order valence-corrected chi connectivity index (χ0v) is 63.1. The van der Waals surface area contributed by atoms with Crippen molar-refractivity contribution in [1.82, 2.24) is 19.6 Å². The van der Waals surface area contributed by atoms with Crippen molar-refractivity contribution >= 4 is 48.0 Å². The van der Waals surface area contributed by atoms with E-state index in [1.807, 2.05) is 293 Å². The lowest BCUT2D eigenvalue weighted by molar-refractivity contribution is -0.139. The summed E-state index contributed by atoms with van der Waals surface area (Å²) in [6.07, 6.45) is -0.137. The summed E-state index contributed by atoms with van der Waals surface area (Å²) in [5, 5.41) is 0. The minimum absolute atomic E-state index is 0.123. The zero-order valence-electron chi connectivity index (χ0n) is 63.1. The Morgan fingerprint density at radius 1 is 0.396 bits per heavy atom. The summed E-state index contributed by atoms with van der Waals surface area (Å²) in [5.74, 6) is -1.47. The van der Waals surface area contributed by atoms with E-state index in [9.17, 15) is 38.4 Å². The van der Waals surface area contributed by atoms with E-state index in [0.29, 0.717) is 32.3 Å². The summed E-state index contributed by atoms with van der Waals surface area (Å²) in [5.41, 5.74) is 4.47. The quantitative estimate of drug-likeness (QED) is 0.0836. The molecule has 16 heteroatoms. The Balaban J connectivity index is 0.000000189. The third-order valence-electron chi connectivity index (χ3n) is 19.8. The minimum atomic E-state index is -0.671. The first-order chi connectivity index (χ1) is 47.3. The Bertz CT molecular complexity index is 3730. The van der Waals surface area contributed by atoms with Gasteiger partial charge in [-0.3, -0.25) is 19.2 Å². The highest BCUT2D eigenvalue weighted by Crippen LogP contribution is 2.42. The number of ether oxygens (including phenoxy) is 4. The van der Waals surface area contributed by atoms with Gasteiger partial charge in [0.2, 0.25) is 23.6 Å². The lowest BCUT2D eigenvalue weighted by Gasteiger charge is -2.36. The van der Waals surface area contributed by atoms with Crippen LogP contribution in [-0.2, 0) is 63.8 Å². The fraction of sp³-hybridized carbons (Fsp3) is 0.482. The number of rotatable bonds is 16. The second kappa shape index (κ2) is 33.7. The Hall–Kier alpha value is -8.92. The molecular weight excluding hydrogens is 1270 g/mol. The normalized spacial score (nSPS) is 20.2. The summed E-state index contributed by atoms with van der Waals surface area (Å²) in [6, 6.07) is 57.8. The van der Waals surface area contributed by atoms with E-state index in [4.69, 9.17) is 18.9 Å². The van der Waals surface area contributed by atoms with Gasteiger partial charge in [0.05, 0.1) is 18.1 Å². The van der Waals surface area contributed by atoms with Crippen LogP contribution in [0.2, 0.25) is 0 Å². The Labute approximate surface area is 600 Å². The number of benzene rings is 6. The number of nitrogens with zero attached hydrogens (tertiary/aromatic N) is 4. The first kappa shape index (κ1) is 79.4. The molecule has 9 atom stereocenters. The highest BCUT2D eigenvalue weighted by atomic mass is 16.6. The predicted octanol–water partition coefficient (Wildman–Crippen LogP) is 18.2. The van der Waals surface area contributed by atoms with Crippen molar-refractivity contribution in [2.75, 3.05) is 13.2 Å². The molecule has 4 heterocycles. The molecule has 101 heavy (non-hydrogen) atoms. The van der Waals surface area contributed by atoms with Crippen molar-refractivity contribution in [2.45, 2.75) is 193 Å². The van der Waals surface area contributed by atoms with Crippen LogP contribution in [0.1, 0.15) is 177 Å². The average Bonchev–Trinajstić information content (AvgIpc) is 1.64. The SMILES string of the molecule is CC(C)(C)[C@H](Cc1ccccc1)C(=O)N1C(=O)OC[C@@H]1c1ccccc1.CC(C)[C@@H]1N(C(=O)[C@@H](Cc2ccccc2)C(C)(C)C)C(=O)OC1(C)C.CC(C)[C@H]1COC(=O)N1C(=O)[C@@H](Cc1ccccc1)C(C)(C)C.C[C@H]1[C@@H](c2ccccc2)OC(=O)N1C(=O)[C@@H](Cc1ccccc1)C(C)(C)C. The van der Waals surface area contributed by atoms with Crippen molar-refractivity contribution < 1.29 is 57.3 Å². The summed E-state index contributed by atoms with van der Waals surface area (Å²) >= 11 is 0. The third kappa shape index (κ3) is 20.4. The molecule has 542 valence electrons. The molecule has 0 N–H and O–H groups in total. The molecule has 0 saturated carbocycles. The Kier molecular flexibility index (Phi) is 26.5. The van der Waals surface area contributed by atoms with Gasteiger partial charge in [-0.05, 0) is 113 Å². The molecule has 4 saturated heterocycles. The van der Waals surface area contributed by atoms with Crippen LogP contribution in [0.25, 0.3) is 0 Å². The van der Waals surface area contributed by atoms with E-state index < -0.39 is 36.1 Å². The van der Waals surface area contributed by atoms with Gasteiger partial charge in [0, 0.05) is 23.7 Å². The van der Waals surface area contributed by atoms with E-state index in [0.717, 1.165) is 33.4 Å². The molecule has 0 aliphatic carbocycles. The van der Waals surface area contributed by atoms with E-state index in [1.54, 1.807) is 0 Å². The summed E-state index contributed by atoms with van der Waals surface area (Å²) in [4.78, 5) is 108. The van der Waals surface area contributed by atoms with Crippen LogP contribution < -0.4 is 0 Å². The Morgan fingerprint density at radius 2 is 0.703 bits per heavy atom. The van der Waals surface area contributed by atoms with Crippen LogP contribution in [0.4, 0.5) is 19.2 Å². The van der Waals surface area contributed by atoms with Crippen LogP contribution in [0, 0.1) is 57.2 Å². The van der Waals surface area contributed by atoms with Crippen molar-refractivity contribution in [1.29, 1.82) is 0 Å². The predicted molar refractivity (Wildman–Crippen MR) is 395 cm³/mol. The number of amides is 8. The number of carbonyl (C=O) groups excluding carboxylic acids is 8. The molecule has 16 nitrogen and oxygen atoms in total. The highest BCUT2D eigenvalue weighted by molar-refractivity contribution is 5.98. The maximum atomic E-state index is 13.4. The number of hydrogen-bond acceptors (Lipinski definition) is 12. The molecule has 0 radical (unpaired) electrons. The number of carbonyl (C=O) groups is 8. The highest BCUT2D eigenvalue weighted by Gasteiger charge is 2.55. The van der Waals surface area contributed by atoms with Gasteiger partial charge in [-0.15, -0.1) is 0 Å². The van der Waals surface area contributed by atoms with E-state index in [2.05, 4.69) is 20.8 Å². The van der Waals surface area contributed by atoms with Gasteiger partial charge < -0.3 is 18.9 Å². The maximum absolute atomic E-state index is 13.4. The fourth-order valence-corrected chi connectivity index (χ4v) is 13.8. The van der Waals surface area contributed by atoms with Crippen molar-refractivity contribution in [3.63, 3.8) is 0 Å². The summed E-state index contributed by atoms with van der Waals surface area (Å²) in [7, 11) is 0. The molecule has 0 bridgehead atoms. The van der Waals surface area contributed by atoms with Crippen LogP contribution in [0.15, 0.2) is 182 Å². The second-order valence-electron chi connectivity index (χ2n) is 32.8. The van der Waals surface area contributed by atoms with Crippen LogP contribution in [0.3, 0.4) is 0 Å². The fourth-order valence-electron chi connectivity index (χ4n) is 13.8.